The van der Waals surface area contributed by atoms with Gasteiger partial charge in [-0.15, -0.1) is 11.3 Å². The standard InChI is InChI=1S/C16H22N2O3S2/c1-11-8-10-22-15(11)14-7-5-4-6-9-18(14)23(19,20)16-12(2)17-21-13(16)3/h8,10,14H,4-7,9H2,1-3H3. The average Bonchev–Trinajstić information content (AvgIpc) is 2.96. The molecule has 1 saturated heterocycles. The molecule has 126 valence electrons. The normalized spacial score (nSPS) is 20.6. The van der Waals surface area contributed by atoms with Crippen LogP contribution in [-0.4, -0.2) is 24.4 Å². The third-order valence-electron chi connectivity index (χ3n) is 4.44. The first-order valence-electron chi connectivity index (χ1n) is 7.91. The molecule has 7 heteroatoms. The molecule has 0 aromatic carbocycles. The first-order chi connectivity index (χ1) is 10.9. The molecule has 2 aromatic rings. The molecule has 0 aliphatic carbocycles. The van der Waals surface area contributed by atoms with Crippen molar-refractivity contribution in [1.29, 1.82) is 0 Å². The fourth-order valence-corrected chi connectivity index (χ4v) is 6.42. The first kappa shape index (κ1) is 16.7. The highest BCUT2D eigenvalue weighted by Gasteiger charge is 2.37. The average molecular weight is 354 g/mol. The minimum atomic E-state index is -3.61. The summed E-state index contributed by atoms with van der Waals surface area (Å²) >= 11 is 1.65. The first-order valence-corrected chi connectivity index (χ1v) is 10.2. The molecule has 0 bridgehead atoms. The molecule has 0 amide bonds. The van der Waals surface area contributed by atoms with Gasteiger partial charge in [-0.3, -0.25) is 0 Å². The molecular formula is C16H22N2O3S2. The smallest absolute Gasteiger partial charge is 0.249 e. The van der Waals surface area contributed by atoms with E-state index < -0.39 is 10.0 Å². The zero-order chi connectivity index (χ0) is 16.6. The number of nitrogens with zero attached hydrogens (tertiary/aromatic N) is 2. The van der Waals surface area contributed by atoms with Crippen molar-refractivity contribution in [2.75, 3.05) is 6.54 Å². The quantitative estimate of drug-likeness (QED) is 0.837. The maximum atomic E-state index is 13.3. The van der Waals surface area contributed by atoms with Gasteiger partial charge in [0.15, 0.2) is 5.76 Å². The Morgan fingerprint density at radius 3 is 2.65 bits per heavy atom. The van der Waals surface area contributed by atoms with Gasteiger partial charge >= 0.3 is 0 Å². The Kier molecular flexibility index (Phi) is 4.62. The zero-order valence-electron chi connectivity index (χ0n) is 13.7. The molecule has 0 radical (unpaired) electrons. The molecule has 1 unspecified atom stereocenters. The summed E-state index contributed by atoms with van der Waals surface area (Å²) in [6, 6.07) is 1.97. The molecule has 1 fully saturated rings. The van der Waals surface area contributed by atoms with Crippen molar-refractivity contribution in [1.82, 2.24) is 9.46 Å². The summed E-state index contributed by atoms with van der Waals surface area (Å²) in [7, 11) is -3.61. The molecule has 1 atom stereocenters. The minimum Gasteiger partial charge on any atom is -0.360 e. The van der Waals surface area contributed by atoms with Gasteiger partial charge in [0, 0.05) is 11.4 Å². The Labute approximate surface area is 141 Å². The van der Waals surface area contributed by atoms with Crippen LogP contribution < -0.4 is 0 Å². The maximum absolute atomic E-state index is 13.3. The van der Waals surface area contributed by atoms with Crippen LogP contribution in [0.25, 0.3) is 0 Å². The third-order valence-corrected chi connectivity index (χ3v) is 7.72. The van der Waals surface area contributed by atoms with Gasteiger partial charge in [-0.05, 0) is 50.6 Å². The Balaban J connectivity index is 2.08. The van der Waals surface area contributed by atoms with Gasteiger partial charge in [-0.2, -0.15) is 4.31 Å². The Bertz CT molecular complexity index is 773. The van der Waals surface area contributed by atoms with Gasteiger partial charge in [-0.25, -0.2) is 8.42 Å². The summed E-state index contributed by atoms with van der Waals surface area (Å²) in [6.45, 7) is 5.95. The SMILES string of the molecule is Cc1ccsc1C1CCCCCN1S(=O)(=O)c1c(C)noc1C. The molecule has 1 aliphatic rings. The molecule has 1 aliphatic heterocycles. The lowest BCUT2D eigenvalue weighted by molar-refractivity contribution is 0.331. The number of thiophene rings is 1. The summed E-state index contributed by atoms with van der Waals surface area (Å²) in [5.41, 5.74) is 1.61. The largest absolute Gasteiger partial charge is 0.360 e. The number of sulfonamides is 1. The van der Waals surface area contributed by atoms with Crippen molar-refractivity contribution in [2.24, 2.45) is 0 Å². The number of aryl methyl sites for hydroxylation is 3. The highest BCUT2D eigenvalue weighted by atomic mass is 32.2. The summed E-state index contributed by atoms with van der Waals surface area (Å²) in [5, 5.41) is 5.87. The molecule has 23 heavy (non-hydrogen) atoms. The van der Waals surface area contributed by atoms with E-state index in [9.17, 15) is 8.42 Å². The van der Waals surface area contributed by atoms with Crippen LogP contribution in [0.15, 0.2) is 20.9 Å². The molecule has 0 spiro atoms. The number of aromatic nitrogens is 1. The molecule has 5 nitrogen and oxygen atoms in total. The lowest BCUT2D eigenvalue weighted by Gasteiger charge is -2.29. The fourth-order valence-electron chi connectivity index (χ4n) is 3.32. The van der Waals surface area contributed by atoms with E-state index >= 15 is 0 Å². The van der Waals surface area contributed by atoms with Crippen LogP contribution in [-0.2, 0) is 10.0 Å². The summed E-state index contributed by atoms with van der Waals surface area (Å²) in [6.07, 6.45) is 3.87. The molecule has 2 aromatic heterocycles. The van der Waals surface area contributed by atoms with E-state index in [0.29, 0.717) is 18.0 Å². The molecule has 0 N–H and O–H groups in total. The zero-order valence-corrected chi connectivity index (χ0v) is 15.3. The molecule has 0 saturated carbocycles. The van der Waals surface area contributed by atoms with E-state index in [1.165, 1.54) is 5.56 Å². The van der Waals surface area contributed by atoms with Gasteiger partial charge in [-0.1, -0.05) is 18.0 Å². The van der Waals surface area contributed by atoms with E-state index in [1.807, 2.05) is 5.38 Å². The van der Waals surface area contributed by atoms with Crippen molar-refractivity contribution >= 4 is 21.4 Å². The van der Waals surface area contributed by atoms with Gasteiger partial charge in [0.05, 0.1) is 6.04 Å². The highest BCUT2D eigenvalue weighted by Crippen LogP contribution is 2.39. The van der Waals surface area contributed by atoms with Crippen LogP contribution in [0.1, 0.15) is 53.6 Å². The van der Waals surface area contributed by atoms with E-state index in [1.54, 1.807) is 29.5 Å². The van der Waals surface area contributed by atoms with E-state index in [4.69, 9.17) is 4.52 Å². The van der Waals surface area contributed by atoms with Gasteiger partial charge in [0.25, 0.3) is 0 Å². The monoisotopic (exact) mass is 354 g/mol. The third kappa shape index (κ3) is 2.97. The summed E-state index contributed by atoms with van der Waals surface area (Å²) < 4.78 is 33.4. The van der Waals surface area contributed by atoms with Crippen molar-refractivity contribution in [3.63, 3.8) is 0 Å². The number of hydrogen-bond donors (Lipinski definition) is 0. The molecular weight excluding hydrogens is 332 g/mol. The van der Waals surface area contributed by atoms with Gasteiger partial charge in [0.2, 0.25) is 10.0 Å². The predicted octanol–water partition coefficient (Wildman–Crippen LogP) is 3.97. The second kappa shape index (κ2) is 6.37. The second-order valence-corrected chi connectivity index (χ2v) is 8.88. The van der Waals surface area contributed by atoms with Crippen molar-refractivity contribution in [2.45, 2.75) is 57.4 Å². The van der Waals surface area contributed by atoms with E-state index in [-0.39, 0.29) is 10.9 Å². The Morgan fingerprint density at radius 1 is 1.26 bits per heavy atom. The Morgan fingerprint density at radius 2 is 2.04 bits per heavy atom. The van der Waals surface area contributed by atoms with Crippen LogP contribution in [0, 0.1) is 20.8 Å². The van der Waals surface area contributed by atoms with E-state index in [2.05, 4.69) is 18.1 Å². The fraction of sp³-hybridized carbons (Fsp3) is 0.562. The van der Waals surface area contributed by atoms with Crippen molar-refractivity contribution in [3.8, 4) is 0 Å². The second-order valence-electron chi connectivity index (χ2n) is 6.10. The highest BCUT2D eigenvalue weighted by molar-refractivity contribution is 7.89. The lowest BCUT2D eigenvalue weighted by Crippen LogP contribution is -2.35. The van der Waals surface area contributed by atoms with Crippen LogP contribution in [0.4, 0.5) is 0 Å². The van der Waals surface area contributed by atoms with Crippen LogP contribution >= 0.6 is 11.3 Å². The number of hydrogen-bond acceptors (Lipinski definition) is 5. The topological polar surface area (TPSA) is 63.4 Å². The molecule has 3 rings (SSSR count). The molecule has 3 heterocycles. The lowest BCUT2D eigenvalue weighted by atomic mass is 10.1. The maximum Gasteiger partial charge on any atom is 0.249 e. The number of rotatable bonds is 3. The van der Waals surface area contributed by atoms with Crippen LogP contribution in [0.2, 0.25) is 0 Å². The van der Waals surface area contributed by atoms with Crippen molar-refractivity contribution < 1.29 is 12.9 Å². The van der Waals surface area contributed by atoms with Crippen LogP contribution in [0.3, 0.4) is 0 Å². The predicted molar refractivity (Wildman–Crippen MR) is 90.1 cm³/mol. The summed E-state index contributed by atoms with van der Waals surface area (Å²) in [4.78, 5) is 1.39. The van der Waals surface area contributed by atoms with E-state index in [0.717, 1.165) is 30.6 Å². The Hall–Kier alpha value is -1.18. The van der Waals surface area contributed by atoms with Gasteiger partial charge in [0.1, 0.15) is 10.6 Å². The minimum absolute atomic E-state index is 0.0869. The van der Waals surface area contributed by atoms with Gasteiger partial charge < -0.3 is 4.52 Å². The summed E-state index contributed by atoms with van der Waals surface area (Å²) in [5.74, 6) is 0.369. The van der Waals surface area contributed by atoms with Crippen molar-refractivity contribution in [3.05, 3.63) is 33.3 Å². The van der Waals surface area contributed by atoms with Crippen LogP contribution in [0.5, 0.6) is 0 Å².